The topological polar surface area (TPSA) is 18.5 Å². The molecule has 0 radical (unpaired) electrons. The molecule has 0 unspecified atom stereocenters. The number of hydrogen-bond donors (Lipinski definition) is 0. The Bertz CT molecular complexity index is 508. The predicted octanol–water partition coefficient (Wildman–Crippen LogP) is -1.41. The zero-order chi connectivity index (χ0) is 14.2. The number of nitrogens with zero attached hydrogens (tertiary/aromatic N) is 1. The molecule has 1 aromatic rings. The van der Waals surface area contributed by atoms with Gasteiger partial charge in [0.05, 0.1) is 26.3 Å². The quantitative estimate of drug-likeness (QED) is 0.501. The molecule has 0 bridgehead atoms. The number of fused-ring (bicyclic) bond motifs is 1. The number of hydrogen-bond acceptors (Lipinski definition) is 2. The summed E-state index contributed by atoms with van der Waals surface area (Å²) in [6.07, 6.45) is 2.08. The fourth-order valence-corrected chi connectivity index (χ4v) is 3.68. The molecule has 1 aromatic carbocycles. The maximum absolute atomic E-state index is 14.2. The second kappa shape index (κ2) is 6.39. The molecule has 2 fully saturated rings. The third-order valence-electron chi connectivity index (χ3n) is 4.72. The van der Waals surface area contributed by atoms with E-state index in [9.17, 15) is 8.78 Å². The smallest absolute Gasteiger partial charge is 0.517 e. The van der Waals surface area contributed by atoms with E-state index in [-0.39, 0.29) is 24.3 Å². The van der Waals surface area contributed by atoms with E-state index in [2.05, 4.69) is 13.0 Å². The number of halogens is 2. The first kappa shape index (κ1) is 17.0. The van der Waals surface area contributed by atoms with Gasteiger partial charge < -0.3 is 13.7 Å². The van der Waals surface area contributed by atoms with E-state index in [0.717, 1.165) is 38.5 Å². The number of benzene rings is 1. The fraction of sp³-hybridized carbons (Fsp3) is 0.571. The van der Waals surface area contributed by atoms with Crippen molar-refractivity contribution in [2.24, 2.45) is 0 Å². The molecule has 3 nitrogen and oxygen atoms in total. The molecule has 2 saturated heterocycles. The van der Waals surface area contributed by atoms with Gasteiger partial charge in [-0.2, -0.15) is 6.07 Å². The van der Waals surface area contributed by atoms with Crippen molar-refractivity contribution in [1.82, 2.24) is 0 Å². The first-order valence-electron chi connectivity index (χ1n) is 7.28. The van der Waals surface area contributed by atoms with Gasteiger partial charge in [-0.1, -0.05) is 13.3 Å². The van der Waals surface area contributed by atoms with E-state index in [1.54, 1.807) is 0 Å². The molecule has 0 spiro atoms. The number of unbranched alkanes of at least 4 members (excludes halogenated alkanes) is 1. The molecule has 110 valence electrons. The number of quaternary nitrogens is 1. The van der Waals surface area contributed by atoms with Crippen molar-refractivity contribution in [3.8, 4) is 0 Å². The van der Waals surface area contributed by atoms with Gasteiger partial charge in [-0.05, 0) is 12.2 Å². The summed E-state index contributed by atoms with van der Waals surface area (Å²) in [6.45, 7) is 3.69. The Labute approximate surface area is 136 Å². The van der Waals surface area contributed by atoms with Gasteiger partial charge in [0.2, 0.25) is 0 Å². The summed E-state index contributed by atoms with van der Waals surface area (Å²) in [5.41, 5.74) is 0.205. The van der Waals surface area contributed by atoms with Crippen LogP contribution in [0.4, 0.5) is 8.78 Å². The molecule has 21 heavy (non-hydrogen) atoms. The van der Waals surface area contributed by atoms with Crippen molar-refractivity contribution < 1.29 is 41.3 Å². The van der Waals surface area contributed by atoms with Crippen LogP contribution >= 0.6 is 0 Å². The Morgan fingerprint density at radius 1 is 1.29 bits per heavy atom. The van der Waals surface area contributed by atoms with Gasteiger partial charge >= 0.3 is 25.5 Å². The summed E-state index contributed by atoms with van der Waals surface area (Å²) in [5, 5.41) is 0. The molecular formula is C14H19BF2LiNO2. The third kappa shape index (κ3) is 2.58. The zero-order valence-corrected chi connectivity index (χ0v) is 12.7. The third-order valence-corrected chi connectivity index (χ3v) is 4.72. The van der Waals surface area contributed by atoms with Crippen LogP contribution in [0.25, 0.3) is 0 Å². The number of rotatable bonds is 4. The minimum absolute atomic E-state index is 0. The second-order valence-corrected chi connectivity index (χ2v) is 5.74. The molecular weight excluding hydrogens is 270 g/mol. The summed E-state index contributed by atoms with van der Waals surface area (Å²) in [4.78, 5) is 0. The molecule has 0 amide bonds. The fourth-order valence-electron chi connectivity index (χ4n) is 3.68. The minimum Gasteiger partial charge on any atom is -0.517 e. The van der Waals surface area contributed by atoms with Crippen LogP contribution in [0.3, 0.4) is 0 Å². The van der Waals surface area contributed by atoms with Crippen molar-refractivity contribution in [1.29, 1.82) is 0 Å². The van der Waals surface area contributed by atoms with Gasteiger partial charge in [0.1, 0.15) is 0 Å². The molecule has 0 saturated carbocycles. The maximum Gasteiger partial charge on any atom is 1.00 e. The molecule has 0 N–H and O–H groups in total. The minimum atomic E-state index is -1.98. The van der Waals surface area contributed by atoms with Crippen LogP contribution in [0.1, 0.15) is 19.8 Å². The normalized spacial score (nSPS) is 31.0. The Balaban J connectivity index is 0.00000161. The van der Waals surface area contributed by atoms with E-state index >= 15 is 0 Å². The average Bonchev–Trinajstić information content (AvgIpc) is 2.95. The molecule has 3 rings (SSSR count). The van der Waals surface area contributed by atoms with Crippen LogP contribution in [0.5, 0.6) is 0 Å². The molecule has 7 heteroatoms. The average molecular weight is 289 g/mol. The Morgan fingerprint density at radius 2 is 1.95 bits per heavy atom. The van der Waals surface area contributed by atoms with E-state index in [4.69, 9.17) is 9.31 Å². The van der Waals surface area contributed by atoms with Gasteiger partial charge in [-0.3, -0.25) is 4.39 Å². The largest absolute Gasteiger partial charge is 1.00 e. The molecule has 0 aliphatic carbocycles. The van der Waals surface area contributed by atoms with E-state index in [1.165, 1.54) is 6.07 Å². The SMILES string of the molecule is CCCC[N+]12CCO[B-]1(c1cc(F)c[c-]c1F)OCC2.[Li+]. The second-order valence-electron chi connectivity index (χ2n) is 5.74. The zero-order valence-electron chi connectivity index (χ0n) is 12.7. The van der Waals surface area contributed by atoms with E-state index < -0.39 is 18.3 Å². The van der Waals surface area contributed by atoms with Crippen molar-refractivity contribution in [3.63, 3.8) is 0 Å². The molecule has 0 aromatic heterocycles. The molecule has 2 aliphatic heterocycles. The van der Waals surface area contributed by atoms with Crippen LogP contribution in [-0.2, 0) is 9.31 Å². The first-order chi connectivity index (χ1) is 9.63. The van der Waals surface area contributed by atoms with Gasteiger partial charge in [0.15, 0.2) is 0 Å². The Hall–Kier alpha value is -0.378. The molecule has 2 aliphatic rings. The van der Waals surface area contributed by atoms with Crippen LogP contribution in [0, 0.1) is 17.7 Å². The summed E-state index contributed by atoms with van der Waals surface area (Å²) in [5.74, 6) is -1.06. The molecule has 0 atom stereocenters. The van der Waals surface area contributed by atoms with Crippen molar-refractivity contribution in [3.05, 3.63) is 29.8 Å². The first-order valence-corrected chi connectivity index (χ1v) is 7.28. The molecule has 2 heterocycles. The summed E-state index contributed by atoms with van der Waals surface area (Å²) >= 11 is 0. The predicted molar refractivity (Wildman–Crippen MR) is 72.3 cm³/mol. The van der Waals surface area contributed by atoms with Gasteiger partial charge in [-0.25, -0.2) is 4.39 Å². The standard InChI is InChI=1S/C14H19BF2NO2.Li/c1-2-3-6-18-7-9-19-15(18,20-10-8-18)13-11-12(16)4-5-14(13)17;/h4,11H,2-3,6-10H2,1H3;/q-1;+1. The van der Waals surface area contributed by atoms with Crippen LogP contribution < -0.4 is 24.3 Å². The summed E-state index contributed by atoms with van der Waals surface area (Å²) in [7, 11) is 0. The summed E-state index contributed by atoms with van der Waals surface area (Å²) in [6, 6.07) is 4.55. The summed E-state index contributed by atoms with van der Waals surface area (Å²) < 4.78 is 40.0. The maximum atomic E-state index is 14.2. The van der Waals surface area contributed by atoms with E-state index in [1.807, 2.05) is 0 Å². The van der Waals surface area contributed by atoms with Crippen LogP contribution in [0.2, 0.25) is 0 Å². The van der Waals surface area contributed by atoms with Crippen LogP contribution in [0.15, 0.2) is 12.1 Å². The Morgan fingerprint density at radius 3 is 2.57 bits per heavy atom. The van der Waals surface area contributed by atoms with Crippen molar-refractivity contribution >= 4 is 12.1 Å². The van der Waals surface area contributed by atoms with Gasteiger partial charge in [0.25, 0.3) is 0 Å². The Kier molecular flexibility index (Phi) is 5.17. The van der Waals surface area contributed by atoms with E-state index in [0.29, 0.717) is 17.6 Å². The van der Waals surface area contributed by atoms with Gasteiger partial charge in [0, 0.05) is 12.4 Å². The monoisotopic (exact) mass is 289 g/mol. The van der Waals surface area contributed by atoms with Gasteiger partial charge in [-0.15, -0.1) is 17.6 Å². The van der Waals surface area contributed by atoms with Crippen molar-refractivity contribution in [2.45, 2.75) is 19.8 Å². The van der Waals surface area contributed by atoms with Crippen LogP contribution in [-0.4, -0.2) is 43.9 Å². The van der Waals surface area contributed by atoms with Crippen molar-refractivity contribution in [2.75, 3.05) is 32.8 Å².